The summed E-state index contributed by atoms with van der Waals surface area (Å²) < 4.78 is 0. The van der Waals surface area contributed by atoms with Gasteiger partial charge in [0.25, 0.3) is 5.95 Å². The molecule has 0 aliphatic rings. The highest BCUT2D eigenvalue weighted by molar-refractivity contribution is 5.96. The van der Waals surface area contributed by atoms with Crippen LogP contribution in [0.5, 0.6) is 5.88 Å². The zero-order valence-corrected chi connectivity index (χ0v) is 15.7. The number of benzene rings is 3. The average Bonchev–Trinajstić information content (AvgIpc) is 3.09. The molecule has 0 bridgehead atoms. The summed E-state index contributed by atoms with van der Waals surface area (Å²) in [7, 11) is 0. The van der Waals surface area contributed by atoms with Crippen molar-refractivity contribution >= 4 is 33.4 Å². The minimum absolute atomic E-state index is 0.0258. The van der Waals surface area contributed by atoms with E-state index in [1.807, 2.05) is 79.7 Å². The zero-order chi connectivity index (χ0) is 19.8. The molecule has 5 aromatic rings. The summed E-state index contributed by atoms with van der Waals surface area (Å²) >= 11 is 0. The van der Waals surface area contributed by atoms with Gasteiger partial charge in [0.15, 0.2) is 5.69 Å². The van der Waals surface area contributed by atoms with Crippen molar-refractivity contribution < 1.29 is 5.11 Å². The van der Waals surface area contributed by atoms with Crippen molar-refractivity contribution in [2.24, 2.45) is 10.2 Å². The minimum Gasteiger partial charge on any atom is -0.493 e. The second-order valence-electron chi connectivity index (χ2n) is 6.78. The first-order valence-electron chi connectivity index (χ1n) is 9.25. The quantitative estimate of drug-likeness (QED) is 0.365. The van der Waals surface area contributed by atoms with Crippen LogP contribution in [0.3, 0.4) is 0 Å². The third-order valence-corrected chi connectivity index (χ3v) is 4.87. The molecule has 0 aliphatic heterocycles. The Balaban J connectivity index is 1.65. The Bertz CT molecular complexity index is 1370. The maximum Gasteiger partial charge on any atom is 0.270 e. The molecule has 0 aliphatic carbocycles. The van der Waals surface area contributed by atoms with Crippen LogP contribution in [0.25, 0.3) is 33.1 Å². The Labute approximate surface area is 166 Å². The van der Waals surface area contributed by atoms with Crippen molar-refractivity contribution in [3.05, 3.63) is 78.4 Å². The molecule has 3 aromatic carbocycles. The summed E-state index contributed by atoms with van der Waals surface area (Å²) in [6.07, 6.45) is 0. The lowest BCUT2D eigenvalue weighted by Gasteiger charge is -2.06. The van der Waals surface area contributed by atoms with Crippen molar-refractivity contribution in [3.8, 4) is 17.1 Å². The van der Waals surface area contributed by atoms with Crippen molar-refractivity contribution in [3.63, 3.8) is 0 Å². The number of nitrogens with one attached hydrogen (secondary N) is 1. The Kier molecular flexibility index (Phi) is 4.02. The van der Waals surface area contributed by atoms with Gasteiger partial charge in [-0.15, -0.1) is 10.2 Å². The second kappa shape index (κ2) is 6.83. The molecule has 2 N–H and O–H groups in total. The fourth-order valence-electron chi connectivity index (χ4n) is 3.46. The summed E-state index contributed by atoms with van der Waals surface area (Å²) in [5, 5.41) is 20.6. The van der Waals surface area contributed by atoms with Gasteiger partial charge in [-0.2, -0.15) is 0 Å². The van der Waals surface area contributed by atoms with E-state index in [4.69, 9.17) is 0 Å². The zero-order valence-electron chi connectivity index (χ0n) is 15.7. The molecule has 0 atom stereocenters. The van der Waals surface area contributed by atoms with E-state index in [1.165, 1.54) is 0 Å². The number of hydrogen-bond donors (Lipinski definition) is 2. The number of aryl methyl sites for hydroxylation is 1. The third kappa shape index (κ3) is 3.00. The maximum absolute atomic E-state index is 10.3. The molecule has 29 heavy (non-hydrogen) atoms. The third-order valence-electron chi connectivity index (χ3n) is 4.87. The topological polar surface area (TPSA) is 86.5 Å². The molecule has 5 rings (SSSR count). The van der Waals surface area contributed by atoms with Gasteiger partial charge in [-0.05, 0) is 18.6 Å². The van der Waals surface area contributed by atoms with E-state index in [0.717, 1.165) is 38.6 Å². The van der Waals surface area contributed by atoms with Gasteiger partial charge < -0.3 is 10.1 Å². The van der Waals surface area contributed by atoms with Crippen molar-refractivity contribution in [2.45, 2.75) is 6.92 Å². The Morgan fingerprint density at radius 2 is 1.55 bits per heavy atom. The lowest BCUT2D eigenvalue weighted by atomic mass is 10.1. The van der Waals surface area contributed by atoms with Gasteiger partial charge in [-0.3, -0.25) is 0 Å². The van der Waals surface area contributed by atoms with Crippen LogP contribution in [0, 0.1) is 6.92 Å². The summed E-state index contributed by atoms with van der Waals surface area (Å²) in [5.74, 6) is 0.214. The van der Waals surface area contributed by atoms with Gasteiger partial charge in [0.05, 0.1) is 16.7 Å². The monoisotopic (exact) mass is 379 g/mol. The molecule has 0 spiro atoms. The first-order valence-corrected chi connectivity index (χ1v) is 9.25. The smallest absolute Gasteiger partial charge is 0.270 e. The largest absolute Gasteiger partial charge is 0.493 e. The van der Waals surface area contributed by atoms with Gasteiger partial charge in [0.1, 0.15) is 0 Å². The Morgan fingerprint density at radius 3 is 2.41 bits per heavy atom. The molecular weight excluding hydrogens is 362 g/mol. The molecule has 0 saturated carbocycles. The standard InChI is InChI=1S/C23H17N5O/c1-14-8-7-12-17-19(14)25-22(29)21(17)27-28-23-24-18-13-6-5-11-16(18)20(26-23)15-9-3-2-4-10-15/h2-13,25,29H,1H3. The molecule has 6 nitrogen and oxygen atoms in total. The van der Waals surface area contributed by atoms with Gasteiger partial charge in [0.2, 0.25) is 5.88 Å². The number of azo groups is 1. The molecule has 2 aromatic heterocycles. The summed E-state index contributed by atoms with van der Waals surface area (Å²) in [6, 6.07) is 23.5. The predicted octanol–water partition coefficient (Wildman–Crippen LogP) is 6.21. The van der Waals surface area contributed by atoms with E-state index in [0.29, 0.717) is 5.69 Å². The highest BCUT2D eigenvalue weighted by Gasteiger charge is 2.13. The predicted molar refractivity (Wildman–Crippen MR) is 114 cm³/mol. The van der Waals surface area contributed by atoms with Crippen LogP contribution in [0.15, 0.2) is 83.0 Å². The van der Waals surface area contributed by atoms with E-state index in [9.17, 15) is 5.11 Å². The van der Waals surface area contributed by atoms with Crippen LogP contribution in [-0.2, 0) is 0 Å². The molecule has 0 unspecified atom stereocenters. The molecule has 0 fully saturated rings. The number of aromatic nitrogens is 3. The lowest BCUT2D eigenvalue weighted by Crippen LogP contribution is -1.90. The number of fused-ring (bicyclic) bond motifs is 2. The van der Waals surface area contributed by atoms with Gasteiger partial charge >= 0.3 is 0 Å². The lowest BCUT2D eigenvalue weighted by molar-refractivity contribution is 0.459. The van der Waals surface area contributed by atoms with Gasteiger partial charge in [-0.1, -0.05) is 66.7 Å². The number of rotatable bonds is 3. The maximum atomic E-state index is 10.3. The molecule has 2 heterocycles. The number of H-pyrrole nitrogens is 1. The fraction of sp³-hybridized carbons (Fsp3) is 0.0435. The molecule has 0 radical (unpaired) electrons. The van der Waals surface area contributed by atoms with Crippen LogP contribution < -0.4 is 0 Å². The Morgan fingerprint density at radius 1 is 0.793 bits per heavy atom. The van der Waals surface area contributed by atoms with Crippen LogP contribution in [0.4, 0.5) is 11.6 Å². The number of para-hydroxylation sites is 2. The number of nitrogens with zero attached hydrogens (tertiary/aromatic N) is 4. The average molecular weight is 379 g/mol. The van der Waals surface area contributed by atoms with Crippen LogP contribution >= 0.6 is 0 Å². The molecule has 6 heteroatoms. The number of aromatic hydroxyl groups is 1. The van der Waals surface area contributed by atoms with Crippen LogP contribution in [0.1, 0.15) is 5.56 Å². The molecule has 140 valence electrons. The fourth-order valence-corrected chi connectivity index (χ4v) is 3.46. The second-order valence-corrected chi connectivity index (χ2v) is 6.78. The summed E-state index contributed by atoms with van der Waals surface area (Å²) in [5.41, 5.74) is 4.80. The van der Waals surface area contributed by atoms with Crippen molar-refractivity contribution in [1.82, 2.24) is 15.0 Å². The normalized spacial score (nSPS) is 11.6. The van der Waals surface area contributed by atoms with Crippen LogP contribution in [0.2, 0.25) is 0 Å². The first kappa shape index (κ1) is 17.1. The molecule has 0 saturated heterocycles. The highest BCUT2D eigenvalue weighted by Crippen LogP contribution is 2.37. The summed E-state index contributed by atoms with van der Waals surface area (Å²) in [6.45, 7) is 1.97. The minimum atomic E-state index is -0.0258. The van der Waals surface area contributed by atoms with E-state index in [1.54, 1.807) is 0 Å². The Hall–Kier alpha value is -4.06. The van der Waals surface area contributed by atoms with Crippen LogP contribution in [-0.4, -0.2) is 20.1 Å². The van der Waals surface area contributed by atoms with Gasteiger partial charge in [-0.25, -0.2) is 9.97 Å². The van der Waals surface area contributed by atoms with E-state index in [-0.39, 0.29) is 11.8 Å². The molecular formula is C23H17N5O. The van der Waals surface area contributed by atoms with Gasteiger partial charge in [0, 0.05) is 16.3 Å². The van der Waals surface area contributed by atoms with E-state index < -0.39 is 0 Å². The van der Waals surface area contributed by atoms with Crippen molar-refractivity contribution in [1.29, 1.82) is 0 Å². The number of aromatic amines is 1. The SMILES string of the molecule is Cc1cccc2c(N=Nc3nc(-c4ccccc4)c4ccccc4n3)c(O)[nH]c12. The van der Waals surface area contributed by atoms with Crippen molar-refractivity contribution in [2.75, 3.05) is 0 Å². The highest BCUT2D eigenvalue weighted by atomic mass is 16.3. The van der Waals surface area contributed by atoms with E-state index >= 15 is 0 Å². The number of hydrogen-bond acceptors (Lipinski definition) is 5. The summed E-state index contributed by atoms with van der Waals surface area (Å²) in [4.78, 5) is 12.1. The van der Waals surface area contributed by atoms with E-state index in [2.05, 4.69) is 25.2 Å². The molecule has 0 amide bonds. The first-order chi connectivity index (χ1) is 14.2.